The molecule has 1 unspecified atom stereocenters. The minimum absolute atomic E-state index is 0.172. The molecule has 4 nitrogen and oxygen atoms in total. The Kier molecular flexibility index (Phi) is 5.71. The standard InChI is InChI=1S/C18H15ClFNO3/c1-11(17(21)22)24-18(23)16(13-4-8-15(20)9-5-13)10-12-2-6-14(19)7-3-12/h2-11H,1H3,(H2,21,22). The van der Waals surface area contributed by atoms with E-state index in [0.717, 1.165) is 0 Å². The molecule has 0 heterocycles. The molecular formula is C18H15ClFNO3. The van der Waals surface area contributed by atoms with E-state index in [1.54, 1.807) is 30.3 Å². The Morgan fingerprint density at radius 2 is 1.71 bits per heavy atom. The molecule has 124 valence electrons. The van der Waals surface area contributed by atoms with E-state index in [1.807, 2.05) is 0 Å². The Morgan fingerprint density at radius 3 is 2.25 bits per heavy atom. The number of primary amides is 1. The van der Waals surface area contributed by atoms with Crippen molar-refractivity contribution in [3.05, 3.63) is 70.5 Å². The highest BCUT2D eigenvalue weighted by Gasteiger charge is 2.19. The number of carbonyl (C=O) groups excluding carboxylic acids is 2. The summed E-state index contributed by atoms with van der Waals surface area (Å²) in [5.41, 5.74) is 6.43. The molecule has 0 saturated heterocycles. The molecule has 1 amide bonds. The Morgan fingerprint density at radius 1 is 1.12 bits per heavy atom. The highest BCUT2D eigenvalue weighted by molar-refractivity contribution is 6.30. The molecule has 2 aromatic carbocycles. The molecular weight excluding hydrogens is 333 g/mol. The lowest BCUT2D eigenvalue weighted by atomic mass is 10.0. The van der Waals surface area contributed by atoms with E-state index in [-0.39, 0.29) is 5.57 Å². The van der Waals surface area contributed by atoms with Crippen molar-refractivity contribution in [1.82, 2.24) is 0 Å². The molecule has 0 aliphatic rings. The molecule has 0 radical (unpaired) electrons. The summed E-state index contributed by atoms with van der Waals surface area (Å²) in [5.74, 6) is -1.92. The van der Waals surface area contributed by atoms with Crippen molar-refractivity contribution < 1.29 is 18.7 Å². The zero-order valence-corrected chi connectivity index (χ0v) is 13.6. The van der Waals surface area contributed by atoms with E-state index in [4.69, 9.17) is 22.1 Å². The Labute approximate surface area is 143 Å². The van der Waals surface area contributed by atoms with Gasteiger partial charge in [-0.3, -0.25) is 4.79 Å². The van der Waals surface area contributed by atoms with E-state index in [9.17, 15) is 14.0 Å². The van der Waals surface area contributed by atoms with Crippen LogP contribution in [0.3, 0.4) is 0 Å². The number of carbonyl (C=O) groups is 2. The van der Waals surface area contributed by atoms with Gasteiger partial charge in [0, 0.05) is 5.02 Å². The number of rotatable bonds is 5. The molecule has 0 saturated carbocycles. The van der Waals surface area contributed by atoms with Crippen LogP contribution in [0.2, 0.25) is 5.02 Å². The molecule has 2 N–H and O–H groups in total. The molecule has 0 fully saturated rings. The second-order valence-electron chi connectivity index (χ2n) is 5.07. The van der Waals surface area contributed by atoms with Crippen molar-refractivity contribution in [1.29, 1.82) is 0 Å². The van der Waals surface area contributed by atoms with E-state index in [1.165, 1.54) is 31.2 Å². The van der Waals surface area contributed by atoms with Crippen molar-refractivity contribution in [2.24, 2.45) is 5.73 Å². The van der Waals surface area contributed by atoms with E-state index in [2.05, 4.69) is 0 Å². The third kappa shape index (κ3) is 4.67. The largest absolute Gasteiger partial charge is 0.449 e. The number of hydrogen-bond acceptors (Lipinski definition) is 3. The summed E-state index contributed by atoms with van der Waals surface area (Å²) in [7, 11) is 0. The van der Waals surface area contributed by atoms with Crippen molar-refractivity contribution >= 4 is 35.1 Å². The minimum atomic E-state index is -1.08. The molecule has 0 spiro atoms. The van der Waals surface area contributed by atoms with Gasteiger partial charge in [0.1, 0.15) is 5.82 Å². The van der Waals surface area contributed by atoms with Gasteiger partial charge >= 0.3 is 5.97 Å². The molecule has 1 atom stereocenters. The number of benzene rings is 2. The van der Waals surface area contributed by atoms with Gasteiger partial charge in [0.25, 0.3) is 5.91 Å². The maximum Gasteiger partial charge on any atom is 0.339 e. The summed E-state index contributed by atoms with van der Waals surface area (Å²) in [6.07, 6.45) is 0.492. The van der Waals surface area contributed by atoms with Gasteiger partial charge in [-0.15, -0.1) is 0 Å². The number of halogens is 2. The Bertz CT molecular complexity index is 770. The molecule has 0 bridgehead atoms. The molecule has 2 aromatic rings. The fourth-order valence-electron chi connectivity index (χ4n) is 1.90. The van der Waals surface area contributed by atoms with E-state index >= 15 is 0 Å². The third-order valence-electron chi connectivity index (χ3n) is 3.24. The fraction of sp³-hybridized carbons (Fsp3) is 0.111. The highest BCUT2D eigenvalue weighted by Crippen LogP contribution is 2.22. The molecule has 0 aliphatic carbocycles. The molecule has 2 rings (SSSR count). The zero-order chi connectivity index (χ0) is 17.7. The first-order valence-electron chi connectivity index (χ1n) is 7.10. The summed E-state index contributed by atoms with van der Waals surface area (Å²) in [5, 5.41) is 0.556. The van der Waals surface area contributed by atoms with Crippen LogP contribution in [0.4, 0.5) is 4.39 Å². The quantitative estimate of drug-likeness (QED) is 0.511. The first-order valence-corrected chi connectivity index (χ1v) is 7.48. The smallest absolute Gasteiger partial charge is 0.339 e. The lowest BCUT2D eigenvalue weighted by Gasteiger charge is -2.12. The van der Waals surface area contributed by atoms with Crippen LogP contribution in [-0.2, 0) is 14.3 Å². The summed E-state index contributed by atoms with van der Waals surface area (Å²) >= 11 is 5.84. The number of amides is 1. The van der Waals surface area contributed by atoms with Gasteiger partial charge in [0.05, 0.1) is 5.57 Å². The van der Waals surface area contributed by atoms with Crippen molar-refractivity contribution in [3.8, 4) is 0 Å². The Balaban J connectivity index is 2.40. The SMILES string of the molecule is CC(OC(=O)C(=Cc1ccc(Cl)cc1)c1ccc(F)cc1)C(N)=O. The number of ether oxygens (including phenoxy) is 1. The monoisotopic (exact) mass is 347 g/mol. The van der Waals surface area contributed by atoms with Crippen LogP contribution in [0, 0.1) is 5.82 Å². The maximum absolute atomic E-state index is 13.1. The second kappa shape index (κ2) is 7.75. The second-order valence-corrected chi connectivity index (χ2v) is 5.50. The Hall–Kier alpha value is -2.66. The van der Waals surface area contributed by atoms with Crippen LogP contribution in [0.25, 0.3) is 11.6 Å². The predicted octanol–water partition coefficient (Wildman–Crippen LogP) is 3.44. The summed E-state index contributed by atoms with van der Waals surface area (Å²) in [6, 6.07) is 12.2. The predicted molar refractivity (Wildman–Crippen MR) is 90.5 cm³/mol. The van der Waals surface area contributed by atoms with Gasteiger partial charge in [-0.1, -0.05) is 35.9 Å². The first-order chi connectivity index (χ1) is 11.4. The molecule has 0 aromatic heterocycles. The normalized spacial score (nSPS) is 12.5. The topological polar surface area (TPSA) is 69.4 Å². The lowest BCUT2D eigenvalue weighted by molar-refractivity contribution is -0.147. The number of nitrogens with two attached hydrogens (primary N) is 1. The van der Waals surface area contributed by atoms with Crippen LogP contribution in [-0.4, -0.2) is 18.0 Å². The van der Waals surface area contributed by atoms with Crippen molar-refractivity contribution in [2.75, 3.05) is 0 Å². The average molecular weight is 348 g/mol. The third-order valence-corrected chi connectivity index (χ3v) is 3.49. The van der Waals surface area contributed by atoms with Crippen molar-refractivity contribution in [3.63, 3.8) is 0 Å². The van der Waals surface area contributed by atoms with Gasteiger partial charge in [-0.2, -0.15) is 0 Å². The number of esters is 1. The summed E-state index contributed by atoms with van der Waals surface area (Å²) in [6.45, 7) is 1.38. The van der Waals surface area contributed by atoms with E-state index < -0.39 is 23.8 Å². The molecule has 0 aliphatic heterocycles. The lowest BCUT2D eigenvalue weighted by Crippen LogP contribution is -2.30. The van der Waals surface area contributed by atoms with Gasteiger partial charge in [-0.25, -0.2) is 9.18 Å². The molecule has 6 heteroatoms. The van der Waals surface area contributed by atoms with Crippen molar-refractivity contribution in [2.45, 2.75) is 13.0 Å². The van der Waals surface area contributed by atoms with Crippen LogP contribution in [0.5, 0.6) is 0 Å². The molecule has 24 heavy (non-hydrogen) atoms. The minimum Gasteiger partial charge on any atom is -0.449 e. The van der Waals surface area contributed by atoms with Crippen LogP contribution < -0.4 is 5.73 Å². The number of hydrogen-bond donors (Lipinski definition) is 1. The van der Waals surface area contributed by atoms with E-state index in [0.29, 0.717) is 16.1 Å². The van der Waals surface area contributed by atoms with Crippen LogP contribution >= 0.6 is 11.6 Å². The van der Waals surface area contributed by atoms with Gasteiger partial charge in [-0.05, 0) is 48.4 Å². The highest BCUT2D eigenvalue weighted by atomic mass is 35.5. The summed E-state index contributed by atoms with van der Waals surface area (Å²) in [4.78, 5) is 23.5. The van der Waals surface area contributed by atoms with Crippen LogP contribution in [0.15, 0.2) is 48.5 Å². The average Bonchev–Trinajstić information content (AvgIpc) is 2.55. The zero-order valence-electron chi connectivity index (χ0n) is 12.8. The maximum atomic E-state index is 13.1. The van der Waals surface area contributed by atoms with Gasteiger partial charge < -0.3 is 10.5 Å². The first kappa shape index (κ1) is 17.7. The fourth-order valence-corrected chi connectivity index (χ4v) is 2.02. The summed E-state index contributed by atoms with van der Waals surface area (Å²) < 4.78 is 18.2. The van der Waals surface area contributed by atoms with Gasteiger partial charge in [0.2, 0.25) is 0 Å². The van der Waals surface area contributed by atoms with Gasteiger partial charge in [0.15, 0.2) is 6.10 Å². The van der Waals surface area contributed by atoms with Crippen LogP contribution in [0.1, 0.15) is 18.1 Å².